The number of methoxy groups -OCH3 is 1. The largest absolute Gasteiger partial charge is 0.480 e. The van der Waals surface area contributed by atoms with Gasteiger partial charge in [0.25, 0.3) is 0 Å². The lowest BCUT2D eigenvalue weighted by atomic mass is 9.98. The zero-order chi connectivity index (χ0) is 25.5. The molecule has 2 aromatic carbocycles. The van der Waals surface area contributed by atoms with Gasteiger partial charge in [-0.15, -0.1) is 0 Å². The van der Waals surface area contributed by atoms with Gasteiger partial charge in [0, 0.05) is 18.4 Å². The van der Waals surface area contributed by atoms with Crippen LogP contribution in [0.25, 0.3) is 11.1 Å². The number of nitrogens with one attached hydrogen (secondary N) is 2. The Balaban J connectivity index is 1.54. The van der Waals surface area contributed by atoms with Crippen LogP contribution in [0.15, 0.2) is 48.5 Å². The third-order valence-corrected chi connectivity index (χ3v) is 6.33. The Morgan fingerprint density at radius 1 is 0.943 bits per heavy atom. The number of hydrogen-bond acceptors (Lipinski definition) is 6. The van der Waals surface area contributed by atoms with Gasteiger partial charge in [0.15, 0.2) is 0 Å². The van der Waals surface area contributed by atoms with Gasteiger partial charge in [0.1, 0.15) is 12.6 Å². The summed E-state index contributed by atoms with van der Waals surface area (Å²) < 4.78 is 10.0. The highest BCUT2D eigenvalue weighted by atomic mass is 16.5. The summed E-state index contributed by atoms with van der Waals surface area (Å²) in [5.74, 6) is -3.21. The summed E-state index contributed by atoms with van der Waals surface area (Å²) in [5, 5.41) is 14.4. The molecule has 2 unspecified atom stereocenters. The summed E-state index contributed by atoms with van der Waals surface area (Å²) >= 11 is 0. The minimum atomic E-state index is -1.26. The predicted octanol–water partition coefficient (Wildman–Crippen LogP) is 3.07. The van der Waals surface area contributed by atoms with Crippen molar-refractivity contribution >= 4 is 23.9 Å². The molecule has 0 bridgehead atoms. The number of benzene rings is 2. The molecule has 0 aromatic heterocycles. The maximum absolute atomic E-state index is 12.6. The lowest BCUT2D eigenvalue weighted by Crippen LogP contribution is -2.49. The topological polar surface area (TPSA) is 131 Å². The Morgan fingerprint density at radius 3 is 2.06 bits per heavy atom. The van der Waals surface area contributed by atoms with E-state index in [1.165, 1.54) is 7.11 Å². The van der Waals surface area contributed by atoms with E-state index < -0.39 is 41.9 Å². The third-order valence-electron chi connectivity index (χ3n) is 6.33. The normalized spacial score (nSPS) is 14.6. The minimum Gasteiger partial charge on any atom is -0.480 e. The summed E-state index contributed by atoms with van der Waals surface area (Å²) in [4.78, 5) is 47.8. The smallest absolute Gasteiger partial charge is 0.407 e. The van der Waals surface area contributed by atoms with E-state index in [1.54, 1.807) is 13.8 Å². The zero-order valence-electron chi connectivity index (χ0n) is 19.9. The second kappa shape index (κ2) is 11.5. The van der Waals surface area contributed by atoms with Gasteiger partial charge in [-0.1, -0.05) is 55.5 Å². The van der Waals surface area contributed by atoms with Crippen molar-refractivity contribution in [3.63, 3.8) is 0 Å². The fourth-order valence-corrected chi connectivity index (χ4v) is 4.10. The highest BCUT2D eigenvalue weighted by molar-refractivity contribution is 5.86. The molecule has 0 heterocycles. The summed E-state index contributed by atoms with van der Waals surface area (Å²) in [6, 6.07) is 14.1. The highest BCUT2D eigenvalue weighted by Crippen LogP contribution is 2.44. The number of esters is 1. The molecule has 1 aliphatic rings. The van der Waals surface area contributed by atoms with Crippen LogP contribution in [0.3, 0.4) is 0 Å². The van der Waals surface area contributed by atoms with Crippen LogP contribution in [0, 0.1) is 5.92 Å². The molecule has 9 heteroatoms. The first-order chi connectivity index (χ1) is 16.7. The molecule has 0 aliphatic heterocycles. The van der Waals surface area contributed by atoms with Crippen molar-refractivity contribution in [2.24, 2.45) is 5.92 Å². The average Bonchev–Trinajstić information content (AvgIpc) is 3.17. The van der Waals surface area contributed by atoms with Crippen LogP contribution in [0.5, 0.6) is 0 Å². The van der Waals surface area contributed by atoms with E-state index in [2.05, 4.69) is 15.4 Å². The molecule has 3 atom stereocenters. The van der Waals surface area contributed by atoms with E-state index in [0.717, 1.165) is 22.3 Å². The molecule has 9 nitrogen and oxygen atoms in total. The Bertz CT molecular complexity index is 1060. The molecule has 186 valence electrons. The van der Waals surface area contributed by atoms with Gasteiger partial charge >= 0.3 is 18.0 Å². The number of fused-ring (bicyclic) bond motifs is 3. The molecule has 0 saturated carbocycles. The van der Waals surface area contributed by atoms with Crippen molar-refractivity contribution in [1.29, 1.82) is 0 Å². The SMILES string of the molecule is COC(=O)CC[C@@H](NC(=O)C(C)C(C)NC(=O)OCC1c2ccccc2-c2ccccc21)C(=O)O. The number of hydrogen-bond donors (Lipinski definition) is 3. The number of carbonyl (C=O) groups is 4. The molecule has 0 saturated heterocycles. The third kappa shape index (κ3) is 6.17. The second-order valence-electron chi connectivity index (χ2n) is 8.56. The van der Waals surface area contributed by atoms with Gasteiger partial charge in [0.05, 0.1) is 13.0 Å². The van der Waals surface area contributed by atoms with Crippen LogP contribution in [0.4, 0.5) is 4.79 Å². The minimum absolute atomic E-state index is 0.0877. The molecule has 35 heavy (non-hydrogen) atoms. The van der Waals surface area contributed by atoms with E-state index in [4.69, 9.17) is 4.74 Å². The average molecular weight is 483 g/mol. The molecule has 2 aromatic rings. The first-order valence-electron chi connectivity index (χ1n) is 11.4. The van der Waals surface area contributed by atoms with Crippen LogP contribution in [-0.2, 0) is 23.9 Å². The molecule has 1 aliphatic carbocycles. The molecule has 3 rings (SSSR count). The van der Waals surface area contributed by atoms with E-state index in [0.29, 0.717) is 0 Å². The number of rotatable bonds is 10. The van der Waals surface area contributed by atoms with Crippen molar-refractivity contribution in [3.05, 3.63) is 59.7 Å². The molecule has 2 amide bonds. The van der Waals surface area contributed by atoms with Crippen molar-refractivity contribution in [2.45, 2.75) is 44.7 Å². The summed E-state index contributed by atoms with van der Waals surface area (Å²) in [5.41, 5.74) is 4.43. The zero-order valence-corrected chi connectivity index (χ0v) is 19.9. The Kier molecular flexibility index (Phi) is 8.46. The van der Waals surface area contributed by atoms with Gasteiger partial charge in [0.2, 0.25) is 5.91 Å². The Hall–Kier alpha value is -3.88. The maximum Gasteiger partial charge on any atom is 0.407 e. The van der Waals surface area contributed by atoms with Crippen LogP contribution >= 0.6 is 0 Å². The number of alkyl carbamates (subject to hydrolysis) is 1. The molecular weight excluding hydrogens is 452 g/mol. The first-order valence-corrected chi connectivity index (χ1v) is 11.4. The van der Waals surface area contributed by atoms with Gasteiger partial charge in [-0.25, -0.2) is 9.59 Å². The van der Waals surface area contributed by atoms with Crippen LogP contribution in [-0.4, -0.2) is 54.8 Å². The number of carbonyl (C=O) groups excluding carboxylic acids is 3. The highest BCUT2D eigenvalue weighted by Gasteiger charge is 2.30. The van der Waals surface area contributed by atoms with Crippen LogP contribution in [0.1, 0.15) is 43.7 Å². The molecule has 3 N–H and O–H groups in total. The van der Waals surface area contributed by atoms with E-state index >= 15 is 0 Å². The lowest BCUT2D eigenvalue weighted by molar-refractivity contribution is -0.144. The quantitative estimate of drug-likeness (QED) is 0.444. The molecule has 0 spiro atoms. The van der Waals surface area contributed by atoms with Crippen LogP contribution < -0.4 is 10.6 Å². The first kappa shape index (κ1) is 25.7. The molecular formula is C26H30N2O7. The van der Waals surface area contributed by atoms with Gasteiger partial charge in [-0.3, -0.25) is 9.59 Å². The van der Waals surface area contributed by atoms with Gasteiger partial charge < -0.3 is 25.2 Å². The summed E-state index contributed by atoms with van der Waals surface area (Å²) in [6.07, 6.45) is -0.913. The number of aliphatic carboxylic acids is 1. The number of ether oxygens (including phenoxy) is 2. The number of carboxylic acid groups (broad SMARTS) is 1. The maximum atomic E-state index is 12.6. The summed E-state index contributed by atoms with van der Waals surface area (Å²) in [6.45, 7) is 3.35. The summed E-state index contributed by atoms with van der Waals surface area (Å²) in [7, 11) is 1.20. The van der Waals surface area contributed by atoms with Crippen molar-refractivity contribution in [3.8, 4) is 11.1 Å². The standard InChI is InChI=1S/C26H30N2O7/c1-15(24(30)28-22(25(31)32)12-13-23(29)34-3)16(2)27-26(33)35-14-21-19-10-6-4-8-17(19)18-9-5-7-11-20(18)21/h4-11,15-16,21-22H,12-14H2,1-3H3,(H,27,33)(H,28,30)(H,31,32)/t15?,16?,22-/m1/s1. The Labute approximate surface area is 203 Å². The van der Waals surface area contributed by atoms with E-state index in [-0.39, 0.29) is 25.4 Å². The fraction of sp³-hybridized carbons (Fsp3) is 0.385. The van der Waals surface area contributed by atoms with Gasteiger partial charge in [-0.2, -0.15) is 0 Å². The van der Waals surface area contributed by atoms with Crippen molar-refractivity contribution < 1.29 is 33.8 Å². The van der Waals surface area contributed by atoms with Crippen molar-refractivity contribution in [2.75, 3.05) is 13.7 Å². The molecule has 0 fully saturated rings. The van der Waals surface area contributed by atoms with E-state index in [9.17, 15) is 24.3 Å². The predicted molar refractivity (Wildman–Crippen MR) is 128 cm³/mol. The van der Waals surface area contributed by atoms with Crippen LogP contribution in [0.2, 0.25) is 0 Å². The second-order valence-corrected chi connectivity index (χ2v) is 8.56. The lowest BCUT2D eigenvalue weighted by Gasteiger charge is -2.23. The van der Waals surface area contributed by atoms with Gasteiger partial charge in [-0.05, 0) is 35.6 Å². The monoisotopic (exact) mass is 482 g/mol. The number of carboxylic acids is 1. The number of amides is 2. The fourth-order valence-electron chi connectivity index (χ4n) is 4.10. The molecule has 0 radical (unpaired) electrons. The van der Waals surface area contributed by atoms with Crippen molar-refractivity contribution in [1.82, 2.24) is 10.6 Å². The van der Waals surface area contributed by atoms with E-state index in [1.807, 2.05) is 48.5 Å². The Morgan fingerprint density at radius 2 is 1.51 bits per heavy atom.